The van der Waals surface area contributed by atoms with Gasteiger partial charge in [0.15, 0.2) is 0 Å². The van der Waals surface area contributed by atoms with Gasteiger partial charge in [0.2, 0.25) is 0 Å². The van der Waals surface area contributed by atoms with E-state index in [-0.39, 0.29) is 18.2 Å². The molecule has 1 aliphatic carbocycles. The van der Waals surface area contributed by atoms with E-state index in [1.807, 2.05) is 28.0 Å². The first-order valence-corrected chi connectivity index (χ1v) is 11.4. The lowest BCUT2D eigenvalue weighted by Crippen LogP contribution is -2.39. The lowest BCUT2D eigenvalue weighted by atomic mass is 9.96. The third-order valence-electron chi connectivity index (χ3n) is 7.03. The van der Waals surface area contributed by atoms with Crippen molar-refractivity contribution in [3.63, 3.8) is 0 Å². The predicted octanol–water partition coefficient (Wildman–Crippen LogP) is 4.33. The molecule has 3 fully saturated rings. The molecule has 2 aromatic carbocycles. The van der Waals surface area contributed by atoms with Gasteiger partial charge in [-0.2, -0.15) is 0 Å². The highest BCUT2D eigenvalue weighted by Gasteiger charge is 2.44. The summed E-state index contributed by atoms with van der Waals surface area (Å²) in [5.41, 5.74) is 10.6. The van der Waals surface area contributed by atoms with Crippen LogP contribution in [0.15, 0.2) is 42.5 Å². The molecule has 2 unspecified atom stereocenters. The fraction of sp³-hybridized carbons (Fsp3) is 0.440. The van der Waals surface area contributed by atoms with Gasteiger partial charge in [-0.3, -0.25) is 0 Å². The number of fused-ring (bicyclic) bond motifs is 1. The second-order valence-electron chi connectivity index (χ2n) is 9.37. The number of carbonyl (C=O) groups excluding carboxylic acids is 2. The van der Waals surface area contributed by atoms with Crippen molar-refractivity contribution in [1.82, 2.24) is 9.80 Å². The van der Waals surface area contributed by atoms with Gasteiger partial charge in [0, 0.05) is 38.0 Å². The Hall–Kier alpha value is -3.22. The van der Waals surface area contributed by atoms with Crippen molar-refractivity contribution in [3.05, 3.63) is 48.0 Å². The Bertz CT molecular complexity index is 1000. The minimum Gasteiger partial charge on any atom is -0.446 e. The van der Waals surface area contributed by atoms with E-state index in [2.05, 4.69) is 36.5 Å². The number of rotatable bonds is 3. The van der Waals surface area contributed by atoms with Gasteiger partial charge in [-0.25, -0.2) is 9.59 Å². The lowest BCUT2D eigenvalue weighted by Gasteiger charge is -2.28. The van der Waals surface area contributed by atoms with E-state index in [4.69, 9.17) is 10.5 Å². The lowest BCUT2D eigenvalue weighted by molar-refractivity contribution is 0.0294. The van der Waals surface area contributed by atoms with Crippen molar-refractivity contribution in [2.24, 2.45) is 11.8 Å². The summed E-state index contributed by atoms with van der Waals surface area (Å²) in [6.07, 6.45) is 3.02. The topological polar surface area (TPSA) is 87.9 Å². The number of benzene rings is 2. The maximum Gasteiger partial charge on any atom is 0.410 e. The third-order valence-corrected chi connectivity index (χ3v) is 7.03. The molecular formula is C25H30N4O3. The van der Waals surface area contributed by atoms with Crippen LogP contribution in [0.1, 0.15) is 24.8 Å². The average Bonchev–Trinajstić information content (AvgIpc) is 3.32. The summed E-state index contributed by atoms with van der Waals surface area (Å²) >= 11 is 0. The van der Waals surface area contributed by atoms with E-state index < -0.39 is 0 Å². The number of hydrogen-bond acceptors (Lipinski definition) is 4. The number of carbonyl (C=O) groups is 2. The Morgan fingerprint density at radius 3 is 2.19 bits per heavy atom. The number of likely N-dealkylation sites (tertiary alicyclic amines) is 2. The van der Waals surface area contributed by atoms with Gasteiger partial charge in [-0.15, -0.1) is 0 Å². The number of nitrogens with two attached hydrogens (primary N) is 1. The fourth-order valence-corrected chi connectivity index (χ4v) is 4.80. The van der Waals surface area contributed by atoms with Crippen molar-refractivity contribution in [3.8, 4) is 11.1 Å². The number of nitrogens with zero attached hydrogens (tertiary/aromatic N) is 2. The number of nitrogen functional groups attached to an aromatic ring is 1. The highest BCUT2D eigenvalue weighted by molar-refractivity contribution is 5.94. The normalized spacial score (nSPS) is 22.4. The Kier molecular flexibility index (Phi) is 5.41. The summed E-state index contributed by atoms with van der Waals surface area (Å²) in [5, 5.41) is 3.00. The Labute approximate surface area is 188 Å². The zero-order valence-corrected chi connectivity index (χ0v) is 18.4. The van der Waals surface area contributed by atoms with Gasteiger partial charge >= 0.3 is 12.1 Å². The van der Waals surface area contributed by atoms with Crippen molar-refractivity contribution in [2.45, 2.75) is 32.3 Å². The van der Waals surface area contributed by atoms with Gasteiger partial charge in [0.05, 0.1) is 11.4 Å². The second-order valence-corrected chi connectivity index (χ2v) is 9.37. The van der Waals surface area contributed by atoms with Crippen molar-refractivity contribution >= 4 is 23.5 Å². The van der Waals surface area contributed by atoms with Crippen LogP contribution in [0, 0.1) is 18.8 Å². The van der Waals surface area contributed by atoms with Crippen LogP contribution in [0.2, 0.25) is 0 Å². The summed E-state index contributed by atoms with van der Waals surface area (Å²) in [6.45, 7) is 4.65. The highest BCUT2D eigenvalue weighted by atomic mass is 16.6. The quantitative estimate of drug-likeness (QED) is 0.704. The fourth-order valence-electron chi connectivity index (χ4n) is 4.80. The van der Waals surface area contributed by atoms with Crippen molar-refractivity contribution in [1.29, 1.82) is 0 Å². The van der Waals surface area contributed by atoms with E-state index in [9.17, 15) is 9.59 Å². The number of aryl methyl sites for hydroxylation is 1. The number of hydrogen-bond donors (Lipinski definition) is 2. The summed E-state index contributed by atoms with van der Waals surface area (Å²) in [7, 11) is 0. The number of urea groups is 1. The summed E-state index contributed by atoms with van der Waals surface area (Å²) in [6, 6.07) is 13.8. The summed E-state index contributed by atoms with van der Waals surface area (Å²) in [5.74, 6) is 0.594. The van der Waals surface area contributed by atoms with Crippen molar-refractivity contribution in [2.75, 3.05) is 37.2 Å². The Morgan fingerprint density at radius 1 is 0.938 bits per heavy atom. The van der Waals surface area contributed by atoms with Crippen LogP contribution in [-0.2, 0) is 4.74 Å². The molecule has 2 atom stereocenters. The standard InChI is InChI=1S/C25H30N4O3/c1-16-5-7-17(8-6-16)18-9-10-22(26)23(11-18)27-24(30)28-12-19-14-29(15-20(19)13-28)25(31)32-21-3-2-4-21/h5-11,19-21H,2-4,12-15,26H2,1H3,(H,27,30). The van der Waals surface area contributed by atoms with Gasteiger partial charge < -0.3 is 25.6 Å². The highest BCUT2D eigenvalue weighted by Crippen LogP contribution is 2.33. The monoisotopic (exact) mass is 434 g/mol. The molecule has 1 saturated carbocycles. The number of ether oxygens (including phenoxy) is 1. The molecule has 3 aliphatic rings. The van der Waals surface area contributed by atoms with Crippen LogP contribution in [-0.4, -0.2) is 54.2 Å². The first-order valence-electron chi connectivity index (χ1n) is 11.4. The molecule has 0 aromatic heterocycles. The molecule has 3 N–H and O–H groups in total. The van der Waals surface area contributed by atoms with E-state index in [0.29, 0.717) is 49.4 Å². The van der Waals surface area contributed by atoms with Crippen LogP contribution < -0.4 is 11.1 Å². The van der Waals surface area contributed by atoms with Crippen LogP contribution in [0.3, 0.4) is 0 Å². The third kappa shape index (κ3) is 4.11. The molecule has 0 radical (unpaired) electrons. The first kappa shape index (κ1) is 20.7. The van der Waals surface area contributed by atoms with Crippen LogP contribution in [0.4, 0.5) is 21.0 Å². The molecule has 7 nitrogen and oxygen atoms in total. The summed E-state index contributed by atoms with van der Waals surface area (Å²) < 4.78 is 5.54. The Balaban J connectivity index is 1.19. The number of anilines is 2. The summed E-state index contributed by atoms with van der Waals surface area (Å²) in [4.78, 5) is 28.9. The van der Waals surface area contributed by atoms with Crippen molar-refractivity contribution < 1.29 is 14.3 Å². The molecule has 7 heteroatoms. The minimum atomic E-state index is -0.194. The zero-order valence-electron chi connectivity index (χ0n) is 18.4. The van der Waals surface area contributed by atoms with Crippen LogP contribution in [0.25, 0.3) is 11.1 Å². The Morgan fingerprint density at radius 2 is 1.56 bits per heavy atom. The van der Waals surface area contributed by atoms with Gasteiger partial charge in [-0.1, -0.05) is 35.9 Å². The van der Waals surface area contributed by atoms with Gasteiger partial charge in [0.25, 0.3) is 0 Å². The molecule has 3 amide bonds. The molecule has 0 spiro atoms. The number of nitrogens with one attached hydrogen (secondary N) is 1. The second kappa shape index (κ2) is 8.37. The zero-order chi connectivity index (χ0) is 22.2. The molecule has 32 heavy (non-hydrogen) atoms. The average molecular weight is 435 g/mol. The van der Waals surface area contributed by atoms with E-state index >= 15 is 0 Å². The minimum absolute atomic E-state index is 0.103. The molecule has 2 saturated heterocycles. The molecule has 0 bridgehead atoms. The van der Waals surface area contributed by atoms with E-state index in [1.54, 1.807) is 0 Å². The largest absolute Gasteiger partial charge is 0.446 e. The van der Waals surface area contributed by atoms with E-state index in [0.717, 1.165) is 30.4 Å². The van der Waals surface area contributed by atoms with Crippen LogP contribution >= 0.6 is 0 Å². The first-order chi connectivity index (χ1) is 15.5. The predicted molar refractivity (Wildman–Crippen MR) is 124 cm³/mol. The molecule has 2 aliphatic heterocycles. The van der Waals surface area contributed by atoms with Gasteiger partial charge in [0.1, 0.15) is 6.10 Å². The molecule has 2 aromatic rings. The number of amides is 3. The SMILES string of the molecule is Cc1ccc(-c2ccc(N)c(NC(=O)N3CC4CN(C(=O)OC5CCC5)CC4C3)c2)cc1. The maximum atomic E-state index is 13.0. The maximum absolute atomic E-state index is 13.0. The van der Waals surface area contributed by atoms with Crippen LogP contribution in [0.5, 0.6) is 0 Å². The molecular weight excluding hydrogens is 404 g/mol. The van der Waals surface area contributed by atoms with E-state index in [1.165, 1.54) is 5.56 Å². The molecule has 2 heterocycles. The van der Waals surface area contributed by atoms with Gasteiger partial charge in [-0.05, 0) is 49.4 Å². The molecule has 5 rings (SSSR count). The molecule has 168 valence electrons. The smallest absolute Gasteiger partial charge is 0.410 e.